The van der Waals surface area contributed by atoms with Gasteiger partial charge >= 0.3 is 0 Å². The predicted molar refractivity (Wildman–Crippen MR) is 74.9 cm³/mol. The van der Waals surface area contributed by atoms with E-state index in [9.17, 15) is 4.79 Å². The number of hydrogen-bond donors (Lipinski definition) is 1. The van der Waals surface area contributed by atoms with E-state index in [0.717, 1.165) is 42.9 Å². The summed E-state index contributed by atoms with van der Waals surface area (Å²) in [7, 11) is 1.68. The number of nitrogens with zero attached hydrogens (tertiary/aromatic N) is 1. The van der Waals surface area contributed by atoms with Gasteiger partial charge in [-0.2, -0.15) is 0 Å². The van der Waals surface area contributed by atoms with Crippen molar-refractivity contribution in [2.24, 2.45) is 0 Å². The molecule has 1 N–H and O–H groups in total. The molecule has 2 fully saturated rings. The van der Waals surface area contributed by atoms with E-state index in [4.69, 9.17) is 4.74 Å². The van der Waals surface area contributed by atoms with Crippen LogP contribution in [0.25, 0.3) is 0 Å². The highest BCUT2D eigenvalue weighted by atomic mass is 16.5. The molecule has 19 heavy (non-hydrogen) atoms. The molecule has 1 aliphatic carbocycles. The van der Waals surface area contributed by atoms with Crippen molar-refractivity contribution in [3.8, 4) is 5.75 Å². The molecule has 1 aromatic carbocycles. The van der Waals surface area contributed by atoms with Gasteiger partial charge in [-0.15, -0.1) is 0 Å². The third-order valence-corrected chi connectivity index (χ3v) is 3.80. The first-order valence-electron chi connectivity index (χ1n) is 7.02. The molecule has 1 amide bonds. The van der Waals surface area contributed by atoms with Crippen molar-refractivity contribution >= 4 is 11.6 Å². The van der Waals surface area contributed by atoms with E-state index in [2.05, 4.69) is 10.2 Å². The fourth-order valence-corrected chi connectivity index (χ4v) is 2.53. The Morgan fingerprint density at radius 1 is 1.32 bits per heavy atom. The summed E-state index contributed by atoms with van der Waals surface area (Å²) in [5, 5.41) is 3.03. The van der Waals surface area contributed by atoms with E-state index < -0.39 is 0 Å². The van der Waals surface area contributed by atoms with Gasteiger partial charge in [0.15, 0.2) is 0 Å². The van der Waals surface area contributed by atoms with Crippen LogP contribution in [0.2, 0.25) is 0 Å². The second kappa shape index (κ2) is 5.11. The van der Waals surface area contributed by atoms with Crippen molar-refractivity contribution in [2.75, 3.05) is 25.1 Å². The lowest BCUT2D eigenvalue weighted by molar-refractivity contribution is 0.0951. The molecule has 1 aromatic rings. The SMILES string of the molecule is COc1ccc(C(=O)NC2CC2)cc1N1CCCC1. The van der Waals surface area contributed by atoms with Crippen LogP contribution >= 0.6 is 0 Å². The van der Waals surface area contributed by atoms with Gasteiger partial charge in [-0.1, -0.05) is 0 Å². The third-order valence-electron chi connectivity index (χ3n) is 3.80. The number of benzene rings is 1. The maximum absolute atomic E-state index is 12.1. The monoisotopic (exact) mass is 260 g/mol. The zero-order valence-electron chi connectivity index (χ0n) is 11.3. The van der Waals surface area contributed by atoms with Crippen LogP contribution in [0.4, 0.5) is 5.69 Å². The van der Waals surface area contributed by atoms with E-state index in [-0.39, 0.29) is 5.91 Å². The van der Waals surface area contributed by atoms with Crippen LogP contribution in [0.1, 0.15) is 36.0 Å². The molecule has 1 saturated carbocycles. The van der Waals surface area contributed by atoms with Gasteiger partial charge in [0, 0.05) is 24.7 Å². The summed E-state index contributed by atoms with van der Waals surface area (Å²) in [6, 6.07) is 6.10. The molecule has 0 spiro atoms. The third kappa shape index (κ3) is 2.67. The Morgan fingerprint density at radius 3 is 2.68 bits per heavy atom. The molecule has 2 aliphatic rings. The van der Waals surface area contributed by atoms with Crippen LogP contribution in [-0.2, 0) is 0 Å². The van der Waals surface area contributed by atoms with Crippen LogP contribution in [0.5, 0.6) is 5.75 Å². The summed E-state index contributed by atoms with van der Waals surface area (Å²) in [4.78, 5) is 14.4. The minimum atomic E-state index is 0.0330. The molecular formula is C15H20N2O2. The van der Waals surface area contributed by atoms with Crippen molar-refractivity contribution in [3.63, 3.8) is 0 Å². The standard InChI is InChI=1S/C15H20N2O2/c1-19-14-7-4-11(15(18)16-12-5-6-12)10-13(14)17-8-2-3-9-17/h4,7,10,12H,2-3,5-6,8-9H2,1H3,(H,16,18). The summed E-state index contributed by atoms with van der Waals surface area (Å²) < 4.78 is 5.41. The van der Waals surface area contributed by atoms with Gasteiger partial charge in [-0.05, 0) is 43.9 Å². The van der Waals surface area contributed by atoms with E-state index in [0.29, 0.717) is 6.04 Å². The number of hydrogen-bond acceptors (Lipinski definition) is 3. The smallest absolute Gasteiger partial charge is 0.251 e. The zero-order valence-corrected chi connectivity index (χ0v) is 11.3. The van der Waals surface area contributed by atoms with E-state index in [1.165, 1.54) is 12.8 Å². The van der Waals surface area contributed by atoms with Gasteiger partial charge in [-0.3, -0.25) is 4.79 Å². The molecule has 102 valence electrons. The molecule has 1 heterocycles. The van der Waals surface area contributed by atoms with Crippen molar-refractivity contribution in [2.45, 2.75) is 31.7 Å². The van der Waals surface area contributed by atoms with Gasteiger partial charge < -0.3 is 15.0 Å². The molecule has 4 heteroatoms. The Kier molecular flexibility index (Phi) is 3.32. The Balaban J connectivity index is 1.84. The summed E-state index contributed by atoms with van der Waals surface area (Å²) >= 11 is 0. The molecule has 0 aromatic heterocycles. The molecular weight excluding hydrogens is 240 g/mol. The van der Waals surface area contributed by atoms with Crippen molar-refractivity contribution in [3.05, 3.63) is 23.8 Å². The number of carbonyl (C=O) groups is 1. The van der Waals surface area contributed by atoms with Crippen LogP contribution in [0, 0.1) is 0 Å². The second-order valence-corrected chi connectivity index (χ2v) is 5.33. The normalized spacial score (nSPS) is 18.5. The van der Waals surface area contributed by atoms with E-state index >= 15 is 0 Å². The lowest BCUT2D eigenvalue weighted by Gasteiger charge is -2.21. The van der Waals surface area contributed by atoms with Crippen LogP contribution in [-0.4, -0.2) is 32.1 Å². The molecule has 0 atom stereocenters. The lowest BCUT2D eigenvalue weighted by atomic mass is 10.1. The van der Waals surface area contributed by atoms with Gasteiger partial charge in [-0.25, -0.2) is 0 Å². The zero-order chi connectivity index (χ0) is 13.2. The molecule has 0 bridgehead atoms. The summed E-state index contributed by atoms with van der Waals surface area (Å²) in [6.07, 6.45) is 4.64. The van der Waals surface area contributed by atoms with Gasteiger partial charge in [0.2, 0.25) is 0 Å². The number of amides is 1. The Hall–Kier alpha value is -1.71. The summed E-state index contributed by atoms with van der Waals surface area (Å²) in [5.41, 5.74) is 1.78. The molecule has 1 saturated heterocycles. The first-order chi connectivity index (χ1) is 9.28. The molecule has 0 unspecified atom stereocenters. The van der Waals surface area contributed by atoms with Crippen molar-refractivity contribution in [1.82, 2.24) is 5.32 Å². The fraction of sp³-hybridized carbons (Fsp3) is 0.533. The van der Waals surface area contributed by atoms with Gasteiger partial charge in [0.05, 0.1) is 12.8 Å². The van der Waals surface area contributed by atoms with Crippen molar-refractivity contribution in [1.29, 1.82) is 0 Å². The average molecular weight is 260 g/mol. The highest BCUT2D eigenvalue weighted by molar-refractivity contribution is 5.96. The average Bonchev–Trinajstić information content (AvgIpc) is 3.08. The topological polar surface area (TPSA) is 41.6 Å². The van der Waals surface area contributed by atoms with Crippen LogP contribution in [0.15, 0.2) is 18.2 Å². The first-order valence-corrected chi connectivity index (χ1v) is 7.02. The summed E-state index contributed by atoms with van der Waals surface area (Å²) in [5.74, 6) is 0.885. The van der Waals surface area contributed by atoms with Crippen LogP contribution < -0.4 is 15.0 Å². The Bertz CT molecular complexity index is 477. The molecule has 0 radical (unpaired) electrons. The maximum atomic E-state index is 12.1. The van der Waals surface area contributed by atoms with Crippen LogP contribution in [0.3, 0.4) is 0 Å². The number of rotatable bonds is 4. The first kappa shape index (κ1) is 12.3. The number of nitrogens with one attached hydrogen (secondary N) is 1. The lowest BCUT2D eigenvalue weighted by Crippen LogP contribution is -2.26. The quantitative estimate of drug-likeness (QED) is 0.902. The Morgan fingerprint density at radius 2 is 2.05 bits per heavy atom. The second-order valence-electron chi connectivity index (χ2n) is 5.33. The number of methoxy groups -OCH3 is 1. The fourth-order valence-electron chi connectivity index (χ4n) is 2.53. The minimum absolute atomic E-state index is 0.0330. The predicted octanol–water partition coefficient (Wildman–Crippen LogP) is 2.19. The number of ether oxygens (including phenoxy) is 1. The number of anilines is 1. The highest BCUT2D eigenvalue weighted by Crippen LogP contribution is 2.32. The Labute approximate surface area is 113 Å². The maximum Gasteiger partial charge on any atom is 0.251 e. The van der Waals surface area contributed by atoms with Gasteiger partial charge in [0.25, 0.3) is 5.91 Å². The largest absolute Gasteiger partial charge is 0.495 e. The van der Waals surface area contributed by atoms with Gasteiger partial charge in [0.1, 0.15) is 5.75 Å². The molecule has 1 aliphatic heterocycles. The van der Waals surface area contributed by atoms with E-state index in [1.54, 1.807) is 7.11 Å². The van der Waals surface area contributed by atoms with Crippen molar-refractivity contribution < 1.29 is 9.53 Å². The number of carbonyl (C=O) groups excluding carboxylic acids is 1. The minimum Gasteiger partial charge on any atom is -0.495 e. The van der Waals surface area contributed by atoms with E-state index in [1.807, 2.05) is 18.2 Å². The molecule has 4 nitrogen and oxygen atoms in total. The molecule has 3 rings (SSSR count). The highest BCUT2D eigenvalue weighted by Gasteiger charge is 2.25. The summed E-state index contributed by atoms with van der Waals surface area (Å²) in [6.45, 7) is 2.09.